The summed E-state index contributed by atoms with van der Waals surface area (Å²) in [6.45, 7) is 1.66. The highest BCUT2D eigenvalue weighted by Gasteiger charge is 1.68. The van der Waals surface area contributed by atoms with Crippen LogP contribution < -0.4 is 0 Å². The van der Waals surface area contributed by atoms with E-state index in [4.69, 9.17) is 23.2 Å². The van der Waals surface area contributed by atoms with E-state index >= 15 is 0 Å². The van der Waals surface area contributed by atoms with Gasteiger partial charge in [0.1, 0.15) is 0 Å². The van der Waals surface area contributed by atoms with Crippen molar-refractivity contribution in [1.29, 1.82) is 0 Å². The lowest BCUT2D eigenvalue weighted by Gasteiger charge is -1.66. The van der Waals surface area contributed by atoms with Gasteiger partial charge in [0.05, 0.1) is 5.54 Å². The minimum absolute atomic E-state index is 0.492. The molecule has 0 bridgehead atoms. The summed E-state index contributed by atoms with van der Waals surface area (Å²) < 4.78 is 0. The molecule has 0 nitrogen and oxygen atoms in total. The highest BCUT2D eigenvalue weighted by Crippen LogP contribution is 1.96. The van der Waals surface area contributed by atoms with Crippen molar-refractivity contribution in [2.24, 2.45) is 0 Å². The van der Waals surface area contributed by atoms with E-state index in [1.807, 2.05) is 0 Å². The van der Waals surface area contributed by atoms with E-state index in [9.17, 15) is 0 Å². The highest BCUT2D eigenvalue weighted by molar-refractivity contribution is 6.34. The third-order valence-corrected chi connectivity index (χ3v) is 0.605. The summed E-state index contributed by atoms with van der Waals surface area (Å²) >= 11 is 10.1. The molecule has 29 valence electrons. The lowest BCUT2D eigenvalue weighted by atomic mass is 10.8. The van der Waals surface area contributed by atoms with Crippen molar-refractivity contribution in [3.8, 4) is 0 Å². The van der Waals surface area contributed by atoms with Gasteiger partial charge < -0.3 is 0 Å². The second-order valence-corrected chi connectivity index (χ2v) is 1.38. The maximum absolute atomic E-state index is 5.14. The third-order valence-electron chi connectivity index (χ3n) is 0.130. The Labute approximate surface area is 41.4 Å². The standard InChI is InChI=1S/C3H3Cl2/c1-3(5)2-4/h1H3. The van der Waals surface area contributed by atoms with Crippen molar-refractivity contribution in [2.75, 3.05) is 0 Å². The Kier molecular flexibility index (Phi) is 2.71. The molecule has 5 heavy (non-hydrogen) atoms. The molecule has 1 radical (unpaired) electrons. The Bertz CT molecular complexity index is 42.9. The van der Waals surface area contributed by atoms with Crippen LogP contribution >= 0.6 is 23.2 Å². The molecule has 0 aliphatic heterocycles. The second-order valence-electron chi connectivity index (χ2n) is 0.628. The fourth-order valence-corrected chi connectivity index (χ4v) is 0. The SMILES string of the molecule is C/C(Cl)=[C]/Cl. The largest absolute Gasteiger partial charge is 0.0878 e. The minimum Gasteiger partial charge on any atom is -0.0878 e. The Hall–Kier alpha value is 0.320. The summed E-state index contributed by atoms with van der Waals surface area (Å²) in [5.74, 6) is 0. The van der Waals surface area contributed by atoms with Crippen molar-refractivity contribution in [2.45, 2.75) is 6.92 Å². The van der Waals surface area contributed by atoms with Gasteiger partial charge in [0, 0.05) is 5.03 Å². The van der Waals surface area contributed by atoms with Crippen LogP contribution in [0.2, 0.25) is 0 Å². The topological polar surface area (TPSA) is 0 Å². The maximum Gasteiger partial charge on any atom is 0.0746 e. The monoisotopic (exact) mass is 109 g/mol. The van der Waals surface area contributed by atoms with Gasteiger partial charge in [0.25, 0.3) is 0 Å². The Balaban J connectivity index is 3.14. The molecule has 0 heterocycles. The van der Waals surface area contributed by atoms with E-state index in [1.165, 1.54) is 0 Å². The van der Waals surface area contributed by atoms with Crippen LogP contribution in [0, 0.1) is 5.54 Å². The average molecular weight is 110 g/mol. The molecule has 0 amide bonds. The van der Waals surface area contributed by atoms with E-state index < -0.39 is 0 Å². The quantitative estimate of drug-likeness (QED) is 0.448. The summed E-state index contributed by atoms with van der Waals surface area (Å²) in [6.07, 6.45) is 0. The fraction of sp³-hybridized carbons (Fsp3) is 0.333. The number of halogens is 2. The van der Waals surface area contributed by atoms with Gasteiger partial charge in [-0.25, -0.2) is 0 Å². The predicted molar refractivity (Wildman–Crippen MR) is 24.1 cm³/mol. The normalized spacial score (nSPS) is 12.2. The van der Waals surface area contributed by atoms with Crippen molar-refractivity contribution in [3.63, 3.8) is 0 Å². The van der Waals surface area contributed by atoms with Crippen LogP contribution in [0.15, 0.2) is 5.03 Å². The Morgan fingerprint density at radius 1 is 1.80 bits per heavy atom. The molecule has 0 N–H and O–H groups in total. The van der Waals surface area contributed by atoms with Gasteiger partial charge in [-0.05, 0) is 6.92 Å². The van der Waals surface area contributed by atoms with E-state index in [-0.39, 0.29) is 0 Å². The number of hydrogen-bond acceptors (Lipinski definition) is 0. The summed E-state index contributed by atoms with van der Waals surface area (Å²) in [4.78, 5) is 0. The number of allylic oxidation sites excluding steroid dienone is 1. The zero-order chi connectivity index (χ0) is 4.28. The summed E-state index contributed by atoms with van der Waals surface area (Å²) in [6, 6.07) is 0. The van der Waals surface area contributed by atoms with Crippen molar-refractivity contribution in [1.82, 2.24) is 0 Å². The molecule has 0 unspecified atom stereocenters. The first-order chi connectivity index (χ1) is 2.27. The molecule has 0 rings (SSSR count). The van der Waals surface area contributed by atoms with Gasteiger partial charge in [-0.15, -0.1) is 0 Å². The molecular formula is C3H3Cl2. The average Bonchev–Trinajstić information content (AvgIpc) is 1.38. The fourth-order valence-electron chi connectivity index (χ4n) is 0. The van der Waals surface area contributed by atoms with Gasteiger partial charge in [-0.1, -0.05) is 23.2 Å². The molecule has 2 heteroatoms. The summed E-state index contributed by atoms with van der Waals surface area (Å²) in [5, 5.41) is 0.492. The number of hydrogen-bond donors (Lipinski definition) is 0. The maximum atomic E-state index is 5.14. The smallest absolute Gasteiger partial charge is 0.0746 e. The second kappa shape index (κ2) is 2.55. The lowest BCUT2D eigenvalue weighted by molar-refractivity contribution is 1.68. The Morgan fingerprint density at radius 3 is 2.00 bits per heavy atom. The van der Waals surface area contributed by atoms with E-state index in [0.717, 1.165) is 0 Å². The zero-order valence-corrected chi connectivity index (χ0v) is 4.27. The molecule has 0 aromatic heterocycles. The molecule has 0 aliphatic carbocycles. The third kappa shape index (κ3) is 4.32. The van der Waals surface area contributed by atoms with E-state index in [2.05, 4.69) is 5.54 Å². The molecule has 0 atom stereocenters. The van der Waals surface area contributed by atoms with Crippen LogP contribution in [-0.2, 0) is 0 Å². The van der Waals surface area contributed by atoms with E-state index in [0.29, 0.717) is 5.03 Å². The van der Waals surface area contributed by atoms with Crippen LogP contribution in [0.1, 0.15) is 6.92 Å². The summed E-state index contributed by atoms with van der Waals surface area (Å²) in [7, 11) is 0. The first-order valence-electron chi connectivity index (χ1n) is 1.13. The van der Waals surface area contributed by atoms with Crippen LogP contribution in [0.5, 0.6) is 0 Å². The van der Waals surface area contributed by atoms with Crippen LogP contribution in [0.25, 0.3) is 0 Å². The molecular weight excluding hydrogens is 107 g/mol. The van der Waals surface area contributed by atoms with Crippen LogP contribution in [0.4, 0.5) is 0 Å². The van der Waals surface area contributed by atoms with Crippen molar-refractivity contribution < 1.29 is 0 Å². The molecule has 0 spiro atoms. The van der Waals surface area contributed by atoms with Gasteiger partial charge in [-0.2, -0.15) is 0 Å². The zero-order valence-electron chi connectivity index (χ0n) is 2.76. The molecule has 0 aromatic carbocycles. The highest BCUT2D eigenvalue weighted by atomic mass is 35.5. The van der Waals surface area contributed by atoms with Crippen LogP contribution in [0.3, 0.4) is 0 Å². The van der Waals surface area contributed by atoms with Crippen molar-refractivity contribution >= 4 is 23.2 Å². The van der Waals surface area contributed by atoms with Gasteiger partial charge >= 0.3 is 0 Å². The van der Waals surface area contributed by atoms with Gasteiger partial charge in [0.2, 0.25) is 0 Å². The first kappa shape index (κ1) is 5.32. The lowest BCUT2D eigenvalue weighted by Crippen LogP contribution is -1.43. The van der Waals surface area contributed by atoms with Gasteiger partial charge in [-0.3, -0.25) is 0 Å². The summed E-state index contributed by atoms with van der Waals surface area (Å²) in [5.41, 5.74) is 2.18. The van der Waals surface area contributed by atoms with Crippen LogP contribution in [-0.4, -0.2) is 0 Å². The molecule has 0 saturated heterocycles. The molecule has 0 fully saturated rings. The van der Waals surface area contributed by atoms with E-state index in [1.54, 1.807) is 6.92 Å². The predicted octanol–water partition coefficient (Wildman–Crippen LogP) is 2.13. The molecule has 0 aromatic rings. The molecule has 0 aliphatic rings. The van der Waals surface area contributed by atoms with Gasteiger partial charge in [0.15, 0.2) is 0 Å². The van der Waals surface area contributed by atoms with Crippen molar-refractivity contribution in [3.05, 3.63) is 10.6 Å². The minimum atomic E-state index is 0.492. The molecule has 0 saturated carbocycles. The Morgan fingerprint density at radius 2 is 2.00 bits per heavy atom. The number of rotatable bonds is 0. The first-order valence-corrected chi connectivity index (χ1v) is 1.88.